The number of piperidine rings is 1. The fraction of sp³-hybridized carbons (Fsp3) is 0.600. The number of nitriles is 1. The average Bonchev–Trinajstić information content (AvgIpc) is 2.72. The normalized spacial score (nSPS) is 19.4. The molecule has 4 heteroatoms. The molecule has 1 aromatic rings. The highest BCUT2D eigenvalue weighted by Gasteiger charge is 2.18. The number of H-pyrrole nitrogens is 1. The molecule has 0 bridgehead atoms. The molecule has 0 atom stereocenters. The lowest BCUT2D eigenvalue weighted by molar-refractivity contribution is 0.194. The van der Waals surface area contributed by atoms with Gasteiger partial charge in [0.15, 0.2) is 0 Å². The van der Waals surface area contributed by atoms with E-state index in [1.54, 1.807) is 6.20 Å². The summed E-state index contributed by atoms with van der Waals surface area (Å²) in [7, 11) is 0. The largest absolute Gasteiger partial charge is 0.348 e. The van der Waals surface area contributed by atoms with Crippen molar-refractivity contribution >= 4 is 0 Å². The van der Waals surface area contributed by atoms with Crippen molar-refractivity contribution in [3.8, 4) is 6.07 Å². The van der Waals surface area contributed by atoms with Crippen molar-refractivity contribution in [1.29, 1.82) is 5.26 Å². The minimum Gasteiger partial charge on any atom is -0.348 e. The van der Waals surface area contributed by atoms with E-state index in [4.69, 9.17) is 5.26 Å². The molecule has 74 valence electrons. The zero-order valence-electron chi connectivity index (χ0n) is 8.11. The van der Waals surface area contributed by atoms with Crippen molar-refractivity contribution in [2.45, 2.75) is 19.4 Å². The van der Waals surface area contributed by atoms with Crippen LogP contribution in [0.1, 0.15) is 18.7 Å². The van der Waals surface area contributed by atoms with Gasteiger partial charge < -0.3 is 4.98 Å². The summed E-state index contributed by atoms with van der Waals surface area (Å²) in [6.45, 7) is 2.91. The van der Waals surface area contributed by atoms with E-state index in [0.717, 1.165) is 38.3 Å². The van der Waals surface area contributed by atoms with Crippen molar-refractivity contribution < 1.29 is 0 Å². The molecule has 0 amide bonds. The molecule has 1 aromatic heterocycles. The average molecular weight is 190 g/mol. The second-order valence-corrected chi connectivity index (χ2v) is 3.72. The first-order valence-corrected chi connectivity index (χ1v) is 4.98. The molecule has 1 aliphatic heterocycles. The molecular weight excluding hydrogens is 176 g/mol. The minimum atomic E-state index is 0.267. The summed E-state index contributed by atoms with van der Waals surface area (Å²) in [5, 5.41) is 8.75. The molecule has 1 fully saturated rings. The summed E-state index contributed by atoms with van der Waals surface area (Å²) >= 11 is 0. The summed E-state index contributed by atoms with van der Waals surface area (Å²) in [6, 6.07) is 2.33. The van der Waals surface area contributed by atoms with Crippen molar-refractivity contribution in [2.75, 3.05) is 13.1 Å². The Kier molecular flexibility index (Phi) is 2.80. The summed E-state index contributed by atoms with van der Waals surface area (Å²) in [5.41, 5.74) is 0. The Labute approximate surface area is 83.6 Å². The SMILES string of the molecule is N#CC1CCN(Cc2ncc[nH]2)CC1. The molecule has 0 spiro atoms. The van der Waals surface area contributed by atoms with E-state index >= 15 is 0 Å². The fourth-order valence-corrected chi connectivity index (χ4v) is 1.82. The van der Waals surface area contributed by atoms with Gasteiger partial charge >= 0.3 is 0 Å². The van der Waals surface area contributed by atoms with Gasteiger partial charge in [0, 0.05) is 18.3 Å². The molecule has 1 N–H and O–H groups in total. The van der Waals surface area contributed by atoms with Crippen molar-refractivity contribution in [1.82, 2.24) is 14.9 Å². The predicted octanol–water partition coefficient (Wildman–Crippen LogP) is 1.15. The Morgan fingerprint density at radius 1 is 1.57 bits per heavy atom. The third kappa shape index (κ3) is 2.12. The Morgan fingerprint density at radius 3 is 2.93 bits per heavy atom. The number of hydrogen-bond donors (Lipinski definition) is 1. The maximum atomic E-state index is 8.75. The van der Waals surface area contributed by atoms with Crippen LogP contribution in [-0.2, 0) is 6.54 Å². The van der Waals surface area contributed by atoms with Gasteiger partial charge in [-0.15, -0.1) is 0 Å². The van der Waals surface area contributed by atoms with Crippen LogP contribution in [0.15, 0.2) is 12.4 Å². The monoisotopic (exact) mass is 190 g/mol. The zero-order chi connectivity index (χ0) is 9.80. The number of likely N-dealkylation sites (tertiary alicyclic amines) is 1. The quantitative estimate of drug-likeness (QED) is 0.761. The first-order chi connectivity index (χ1) is 6.88. The van der Waals surface area contributed by atoms with Crippen LogP contribution in [0.2, 0.25) is 0 Å². The first kappa shape index (κ1) is 9.22. The van der Waals surface area contributed by atoms with Crippen LogP contribution in [-0.4, -0.2) is 28.0 Å². The fourth-order valence-electron chi connectivity index (χ4n) is 1.82. The van der Waals surface area contributed by atoms with Gasteiger partial charge in [0.1, 0.15) is 5.82 Å². The van der Waals surface area contributed by atoms with Gasteiger partial charge in [-0.25, -0.2) is 4.98 Å². The molecule has 1 aliphatic rings. The first-order valence-electron chi connectivity index (χ1n) is 4.98. The lowest BCUT2D eigenvalue weighted by Crippen LogP contribution is -2.33. The Bertz CT molecular complexity index is 303. The second-order valence-electron chi connectivity index (χ2n) is 3.72. The molecule has 0 radical (unpaired) electrons. The third-order valence-electron chi connectivity index (χ3n) is 2.70. The van der Waals surface area contributed by atoms with Gasteiger partial charge in [-0.3, -0.25) is 4.90 Å². The van der Waals surface area contributed by atoms with Crippen LogP contribution in [0.3, 0.4) is 0 Å². The summed E-state index contributed by atoms with van der Waals surface area (Å²) in [4.78, 5) is 9.62. The van der Waals surface area contributed by atoms with E-state index in [2.05, 4.69) is 20.9 Å². The van der Waals surface area contributed by atoms with E-state index in [9.17, 15) is 0 Å². The molecule has 2 rings (SSSR count). The molecular formula is C10H14N4. The molecule has 0 saturated carbocycles. The van der Waals surface area contributed by atoms with Crippen LogP contribution >= 0.6 is 0 Å². The van der Waals surface area contributed by atoms with Crippen LogP contribution in [0.4, 0.5) is 0 Å². The highest BCUT2D eigenvalue weighted by atomic mass is 15.1. The van der Waals surface area contributed by atoms with Crippen LogP contribution in [0.5, 0.6) is 0 Å². The van der Waals surface area contributed by atoms with Gasteiger partial charge in [0.05, 0.1) is 12.6 Å². The highest BCUT2D eigenvalue weighted by Crippen LogP contribution is 2.16. The van der Waals surface area contributed by atoms with Crippen LogP contribution in [0.25, 0.3) is 0 Å². The zero-order valence-corrected chi connectivity index (χ0v) is 8.11. The van der Waals surface area contributed by atoms with Gasteiger partial charge in [-0.1, -0.05) is 0 Å². The number of imidazole rings is 1. The molecule has 0 aliphatic carbocycles. The predicted molar refractivity (Wildman–Crippen MR) is 52.2 cm³/mol. The summed E-state index contributed by atoms with van der Waals surface area (Å²) < 4.78 is 0. The van der Waals surface area contributed by atoms with Crippen LogP contribution < -0.4 is 0 Å². The van der Waals surface area contributed by atoms with Gasteiger partial charge in [0.2, 0.25) is 0 Å². The van der Waals surface area contributed by atoms with E-state index in [-0.39, 0.29) is 5.92 Å². The lowest BCUT2D eigenvalue weighted by Gasteiger charge is -2.27. The third-order valence-corrected chi connectivity index (χ3v) is 2.70. The Morgan fingerprint density at radius 2 is 2.36 bits per heavy atom. The molecule has 4 nitrogen and oxygen atoms in total. The number of aromatic amines is 1. The lowest BCUT2D eigenvalue weighted by atomic mass is 9.99. The number of aromatic nitrogens is 2. The maximum absolute atomic E-state index is 8.75. The number of hydrogen-bond acceptors (Lipinski definition) is 3. The second kappa shape index (κ2) is 4.25. The van der Waals surface area contributed by atoms with Gasteiger partial charge in [0.25, 0.3) is 0 Å². The molecule has 1 saturated heterocycles. The van der Waals surface area contributed by atoms with Crippen molar-refractivity contribution in [3.63, 3.8) is 0 Å². The number of rotatable bonds is 2. The van der Waals surface area contributed by atoms with E-state index in [1.807, 2.05) is 6.20 Å². The molecule has 0 unspecified atom stereocenters. The minimum absolute atomic E-state index is 0.267. The summed E-state index contributed by atoms with van der Waals surface area (Å²) in [5.74, 6) is 1.28. The van der Waals surface area contributed by atoms with Crippen LogP contribution in [0, 0.1) is 17.2 Å². The van der Waals surface area contributed by atoms with Crippen molar-refractivity contribution in [3.05, 3.63) is 18.2 Å². The highest BCUT2D eigenvalue weighted by molar-refractivity contribution is 4.91. The maximum Gasteiger partial charge on any atom is 0.120 e. The molecule has 0 aromatic carbocycles. The van der Waals surface area contributed by atoms with E-state index in [1.165, 1.54) is 0 Å². The number of nitrogens with zero attached hydrogens (tertiary/aromatic N) is 3. The molecule has 14 heavy (non-hydrogen) atoms. The molecule has 2 heterocycles. The topological polar surface area (TPSA) is 55.7 Å². The standard InChI is InChI=1S/C10H14N4/c11-7-9-1-5-14(6-2-9)8-10-12-3-4-13-10/h3-4,9H,1-2,5-6,8H2,(H,12,13). The van der Waals surface area contributed by atoms with Gasteiger partial charge in [-0.2, -0.15) is 5.26 Å². The van der Waals surface area contributed by atoms with E-state index < -0.39 is 0 Å². The smallest absolute Gasteiger partial charge is 0.120 e. The Hall–Kier alpha value is -1.34. The Balaban J connectivity index is 1.82. The van der Waals surface area contributed by atoms with Crippen molar-refractivity contribution in [2.24, 2.45) is 5.92 Å². The van der Waals surface area contributed by atoms with E-state index in [0.29, 0.717) is 0 Å². The summed E-state index contributed by atoms with van der Waals surface area (Å²) in [6.07, 6.45) is 5.61. The number of nitrogens with one attached hydrogen (secondary N) is 1. The van der Waals surface area contributed by atoms with Gasteiger partial charge in [-0.05, 0) is 25.9 Å².